The molecule has 0 bridgehead atoms. The van der Waals surface area contributed by atoms with Crippen molar-refractivity contribution in [2.45, 2.75) is 81.6 Å². The predicted molar refractivity (Wildman–Crippen MR) is 89.1 cm³/mol. The van der Waals surface area contributed by atoms with E-state index in [0.29, 0.717) is 25.9 Å². The van der Waals surface area contributed by atoms with Crippen LogP contribution in [0.1, 0.15) is 46.5 Å². The first kappa shape index (κ1) is 16.0. The number of ether oxygens (including phenoxy) is 3. The van der Waals surface area contributed by atoms with Crippen molar-refractivity contribution >= 4 is 5.97 Å². The highest BCUT2D eigenvalue weighted by Crippen LogP contribution is 2.75. The second-order valence-electron chi connectivity index (χ2n) is 9.77. The van der Waals surface area contributed by atoms with Gasteiger partial charge in [-0.25, -0.2) is 4.79 Å². The summed E-state index contributed by atoms with van der Waals surface area (Å²) in [7, 11) is 0. The first-order chi connectivity index (χ1) is 12.2. The Balaban J connectivity index is 1.48. The lowest BCUT2D eigenvalue weighted by Gasteiger charge is -2.59. The van der Waals surface area contributed by atoms with E-state index in [1.165, 1.54) is 0 Å². The van der Waals surface area contributed by atoms with Gasteiger partial charge >= 0.3 is 5.97 Å². The van der Waals surface area contributed by atoms with Gasteiger partial charge in [0.2, 0.25) is 0 Å². The Morgan fingerprint density at radius 3 is 2.73 bits per heavy atom. The largest absolute Gasteiger partial charge is 0.458 e. The van der Waals surface area contributed by atoms with E-state index in [9.17, 15) is 15.0 Å². The third-order valence-electron chi connectivity index (χ3n) is 8.89. The van der Waals surface area contributed by atoms with Gasteiger partial charge in [0.25, 0.3) is 0 Å². The van der Waals surface area contributed by atoms with Crippen LogP contribution in [0.2, 0.25) is 0 Å². The van der Waals surface area contributed by atoms with Crippen LogP contribution in [-0.4, -0.2) is 57.9 Å². The number of epoxide rings is 2. The number of carbonyl (C=O) groups is 1. The third kappa shape index (κ3) is 1.35. The summed E-state index contributed by atoms with van der Waals surface area (Å²) >= 11 is 0. The fourth-order valence-corrected chi connectivity index (χ4v) is 7.25. The number of cyclic esters (lactones) is 1. The molecule has 1 spiro atoms. The summed E-state index contributed by atoms with van der Waals surface area (Å²) in [6, 6.07) is 0. The van der Waals surface area contributed by atoms with Gasteiger partial charge in [-0.1, -0.05) is 20.8 Å². The average Bonchev–Trinajstić information content (AvgIpc) is 3.45. The highest BCUT2D eigenvalue weighted by atomic mass is 16.7. The van der Waals surface area contributed by atoms with Crippen molar-refractivity contribution in [3.05, 3.63) is 11.1 Å². The lowest BCUT2D eigenvalue weighted by atomic mass is 9.45. The van der Waals surface area contributed by atoms with E-state index < -0.39 is 28.3 Å². The zero-order valence-electron chi connectivity index (χ0n) is 15.4. The molecule has 0 aromatic heterocycles. The summed E-state index contributed by atoms with van der Waals surface area (Å²) < 4.78 is 17.5. The molecule has 4 fully saturated rings. The monoisotopic (exact) mass is 362 g/mol. The molecular weight excluding hydrogens is 336 g/mol. The van der Waals surface area contributed by atoms with Crippen LogP contribution < -0.4 is 0 Å². The summed E-state index contributed by atoms with van der Waals surface area (Å²) in [6.45, 7) is 6.58. The molecular formula is C20H26O6. The van der Waals surface area contributed by atoms with Crippen LogP contribution in [-0.2, 0) is 19.0 Å². The predicted octanol–water partition coefficient (Wildman–Crippen LogP) is 1.09. The van der Waals surface area contributed by atoms with Crippen LogP contribution in [0.4, 0.5) is 0 Å². The molecule has 0 radical (unpaired) electrons. The molecule has 142 valence electrons. The van der Waals surface area contributed by atoms with Gasteiger partial charge in [-0.3, -0.25) is 0 Å². The highest BCUT2D eigenvalue weighted by Gasteiger charge is 2.90. The van der Waals surface area contributed by atoms with Gasteiger partial charge in [-0.05, 0) is 36.7 Å². The number of aliphatic hydroxyl groups is 2. The summed E-state index contributed by atoms with van der Waals surface area (Å²) in [4.78, 5) is 12.0. The molecule has 26 heavy (non-hydrogen) atoms. The molecule has 6 heteroatoms. The second kappa shape index (κ2) is 4.22. The molecule has 3 aliphatic carbocycles. The fraction of sp³-hybridized carbons (Fsp3) is 0.850. The van der Waals surface area contributed by atoms with Crippen molar-refractivity contribution < 1.29 is 29.2 Å². The van der Waals surface area contributed by atoms with Gasteiger partial charge in [-0.2, -0.15) is 0 Å². The normalized spacial score (nSPS) is 59.1. The minimum Gasteiger partial charge on any atom is -0.458 e. The van der Waals surface area contributed by atoms with Gasteiger partial charge in [0, 0.05) is 17.4 Å². The molecule has 0 unspecified atom stereocenters. The van der Waals surface area contributed by atoms with E-state index >= 15 is 0 Å². The van der Waals surface area contributed by atoms with Gasteiger partial charge in [0.15, 0.2) is 5.60 Å². The molecule has 0 aromatic rings. The van der Waals surface area contributed by atoms with Crippen molar-refractivity contribution in [3.63, 3.8) is 0 Å². The Hall–Kier alpha value is -0.950. The zero-order valence-corrected chi connectivity index (χ0v) is 15.4. The van der Waals surface area contributed by atoms with E-state index in [0.717, 1.165) is 17.6 Å². The molecule has 6 nitrogen and oxygen atoms in total. The Labute approximate surface area is 152 Å². The molecule has 3 heterocycles. The molecule has 0 aromatic carbocycles. The molecule has 0 amide bonds. The van der Waals surface area contributed by atoms with Crippen molar-refractivity contribution in [3.8, 4) is 0 Å². The number of carbonyl (C=O) groups excluding carboxylic acids is 1. The van der Waals surface area contributed by atoms with Gasteiger partial charge in [0.05, 0.1) is 12.2 Å². The summed E-state index contributed by atoms with van der Waals surface area (Å²) in [5.41, 5.74) is -1.28. The summed E-state index contributed by atoms with van der Waals surface area (Å²) in [6.07, 6.45) is 1.40. The SMILES string of the molecule is CC(C)[C@]12O[C@H]1C[C@]1(O)[C@]3(O[C@H]3C[C@H]3C4=C(CC[C@@]31C)C(=O)OC4)[C@@H]2O. The van der Waals surface area contributed by atoms with Crippen molar-refractivity contribution in [2.24, 2.45) is 17.3 Å². The van der Waals surface area contributed by atoms with Crippen molar-refractivity contribution in [1.82, 2.24) is 0 Å². The Morgan fingerprint density at radius 1 is 1.23 bits per heavy atom. The smallest absolute Gasteiger partial charge is 0.334 e. The third-order valence-corrected chi connectivity index (χ3v) is 8.89. The number of esters is 1. The summed E-state index contributed by atoms with van der Waals surface area (Å²) in [5.74, 6) is 0.0229. The average molecular weight is 362 g/mol. The van der Waals surface area contributed by atoms with Crippen LogP contribution in [0, 0.1) is 17.3 Å². The Kier molecular flexibility index (Phi) is 2.60. The first-order valence-corrected chi connectivity index (χ1v) is 9.87. The minimum absolute atomic E-state index is 0.0563. The van der Waals surface area contributed by atoms with Crippen molar-refractivity contribution in [1.29, 1.82) is 0 Å². The second-order valence-corrected chi connectivity index (χ2v) is 9.77. The van der Waals surface area contributed by atoms with Gasteiger partial charge in [0.1, 0.15) is 23.9 Å². The standard InChI is InChI=1S/C20H26O6/c1-9(2)19-14(25-19)7-18(23)17(3)5-4-10-11(8-24-15(10)21)12(17)6-13-20(18,26-13)16(19)22/h9,12-14,16,22-23H,4-8H2,1-3H3/t12-,13-,14-,16+,17-,18+,19-,20+/m0/s1. The van der Waals surface area contributed by atoms with Gasteiger partial charge < -0.3 is 24.4 Å². The van der Waals surface area contributed by atoms with E-state index in [1.807, 2.05) is 0 Å². The number of rotatable bonds is 1. The number of aliphatic hydroxyl groups excluding tert-OH is 1. The molecule has 6 rings (SSSR count). The topological polar surface area (TPSA) is 91.8 Å². The quantitative estimate of drug-likeness (QED) is 0.536. The minimum atomic E-state index is -1.16. The maximum atomic E-state index is 12.1. The maximum Gasteiger partial charge on any atom is 0.334 e. The van der Waals surface area contributed by atoms with Crippen LogP contribution in [0.25, 0.3) is 0 Å². The van der Waals surface area contributed by atoms with E-state index in [-0.39, 0.29) is 30.0 Å². The molecule has 2 saturated carbocycles. The zero-order chi connectivity index (χ0) is 18.3. The number of hydrogen-bond donors (Lipinski definition) is 2. The Morgan fingerprint density at radius 2 is 2.00 bits per heavy atom. The van der Waals surface area contributed by atoms with Crippen LogP contribution >= 0.6 is 0 Å². The summed E-state index contributed by atoms with van der Waals surface area (Å²) in [5, 5.41) is 23.4. The molecule has 2 N–H and O–H groups in total. The van der Waals surface area contributed by atoms with Crippen LogP contribution in [0.3, 0.4) is 0 Å². The molecule has 8 atom stereocenters. The van der Waals surface area contributed by atoms with E-state index in [4.69, 9.17) is 14.2 Å². The fourth-order valence-electron chi connectivity index (χ4n) is 7.25. The Bertz CT molecular complexity index is 774. The lowest BCUT2D eigenvalue weighted by Crippen LogP contribution is -2.73. The van der Waals surface area contributed by atoms with E-state index in [1.54, 1.807) is 0 Å². The molecule has 2 saturated heterocycles. The number of hydrogen-bond acceptors (Lipinski definition) is 6. The van der Waals surface area contributed by atoms with Crippen LogP contribution in [0.5, 0.6) is 0 Å². The maximum absolute atomic E-state index is 12.1. The first-order valence-electron chi connectivity index (χ1n) is 9.87. The van der Waals surface area contributed by atoms with Gasteiger partial charge in [-0.15, -0.1) is 0 Å². The van der Waals surface area contributed by atoms with Crippen LogP contribution in [0.15, 0.2) is 11.1 Å². The van der Waals surface area contributed by atoms with Crippen molar-refractivity contribution in [2.75, 3.05) is 6.61 Å². The molecule has 3 aliphatic heterocycles. The van der Waals surface area contributed by atoms with E-state index in [2.05, 4.69) is 20.8 Å². The number of fused-ring (bicyclic) bond motifs is 4. The lowest BCUT2D eigenvalue weighted by molar-refractivity contribution is -0.212. The molecule has 6 aliphatic rings. The highest BCUT2D eigenvalue weighted by molar-refractivity contribution is 5.92.